The Hall–Kier alpha value is -1.62. The van der Waals surface area contributed by atoms with Gasteiger partial charge in [-0.3, -0.25) is 0 Å². The van der Waals surface area contributed by atoms with E-state index in [-0.39, 0.29) is 11.9 Å². The average molecular weight is 223 g/mol. The Balaban J connectivity index is 2.32. The van der Waals surface area contributed by atoms with Crippen molar-refractivity contribution in [3.05, 3.63) is 24.0 Å². The molecule has 1 unspecified atom stereocenters. The van der Waals surface area contributed by atoms with Gasteiger partial charge in [0, 0.05) is 25.7 Å². The van der Waals surface area contributed by atoms with Crippen LogP contribution in [0, 0.1) is 5.82 Å². The number of nitrogens with zero attached hydrogens (tertiary/aromatic N) is 2. The standard InChI is InChI=1S/C11H14FN3O/c1-7(13)6-15(2)11-14-9-4-3-8(12)5-10(9)16-11/h3-5,7H,6,13H2,1-2H3. The summed E-state index contributed by atoms with van der Waals surface area (Å²) in [4.78, 5) is 6.05. The molecule has 4 nitrogen and oxygen atoms in total. The fourth-order valence-corrected chi connectivity index (χ4v) is 1.56. The number of aromatic nitrogens is 1. The highest BCUT2D eigenvalue weighted by molar-refractivity contribution is 5.74. The zero-order chi connectivity index (χ0) is 11.7. The number of rotatable bonds is 3. The lowest BCUT2D eigenvalue weighted by Crippen LogP contribution is -2.32. The molecule has 0 aliphatic rings. The fourth-order valence-electron chi connectivity index (χ4n) is 1.56. The Morgan fingerprint density at radius 1 is 1.56 bits per heavy atom. The van der Waals surface area contributed by atoms with Crippen molar-refractivity contribution >= 4 is 17.1 Å². The van der Waals surface area contributed by atoms with Gasteiger partial charge in [-0.1, -0.05) is 0 Å². The molecular formula is C11H14FN3O. The molecule has 2 rings (SSSR count). The topological polar surface area (TPSA) is 55.3 Å². The van der Waals surface area contributed by atoms with Gasteiger partial charge >= 0.3 is 0 Å². The maximum atomic E-state index is 12.9. The SMILES string of the molecule is CC(N)CN(C)c1nc2ccc(F)cc2o1. The van der Waals surface area contributed by atoms with Crippen molar-refractivity contribution in [1.82, 2.24) is 4.98 Å². The second-order valence-electron chi connectivity index (χ2n) is 3.97. The predicted molar refractivity (Wildman–Crippen MR) is 60.9 cm³/mol. The van der Waals surface area contributed by atoms with Crippen LogP contribution in [0.1, 0.15) is 6.92 Å². The van der Waals surface area contributed by atoms with Gasteiger partial charge in [-0.05, 0) is 19.1 Å². The molecule has 1 aromatic carbocycles. The van der Waals surface area contributed by atoms with E-state index in [1.54, 1.807) is 6.07 Å². The zero-order valence-electron chi connectivity index (χ0n) is 9.27. The van der Waals surface area contributed by atoms with Gasteiger partial charge in [0.15, 0.2) is 5.58 Å². The van der Waals surface area contributed by atoms with E-state index in [2.05, 4.69) is 4.98 Å². The van der Waals surface area contributed by atoms with Crippen LogP contribution in [0.2, 0.25) is 0 Å². The Morgan fingerprint density at radius 2 is 2.31 bits per heavy atom. The summed E-state index contributed by atoms with van der Waals surface area (Å²) < 4.78 is 18.4. The van der Waals surface area contributed by atoms with Crippen molar-refractivity contribution in [2.75, 3.05) is 18.5 Å². The second-order valence-corrected chi connectivity index (χ2v) is 3.97. The second kappa shape index (κ2) is 4.09. The number of hydrogen-bond donors (Lipinski definition) is 1. The lowest BCUT2D eigenvalue weighted by Gasteiger charge is -2.16. The van der Waals surface area contributed by atoms with Crippen LogP contribution >= 0.6 is 0 Å². The van der Waals surface area contributed by atoms with Crippen LogP contribution in [-0.2, 0) is 0 Å². The molecular weight excluding hydrogens is 209 g/mol. The number of nitrogens with two attached hydrogens (primary N) is 1. The van der Waals surface area contributed by atoms with Gasteiger partial charge in [0.1, 0.15) is 11.3 Å². The molecule has 0 aliphatic heterocycles. The van der Waals surface area contributed by atoms with Gasteiger partial charge in [-0.15, -0.1) is 0 Å². The Labute approximate surface area is 92.9 Å². The molecule has 86 valence electrons. The highest BCUT2D eigenvalue weighted by Gasteiger charge is 2.11. The molecule has 1 heterocycles. The maximum absolute atomic E-state index is 12.9. The number of likely N-dealkylation sites (N-methyl/N-ethyl adjacent to an activating group) is 1. The summed E-state index contributed by atoms with van der Waals surface area (Å²) in [5.41, 5.74) is 6.77. The number of benzene rings is 1. The van der Waals surface area contributed by atoms with Crippen molar-refractivity contribution in [2.24, 2.45) is 5.73 Å². The monoisotopic (exact) mass is 223 g/mol. The van der Waals surface area contributed by atoms with Gasteiger partial charge < -0.3 is 15.1 Å². The van der Waals surface area contributed by atoms with Crippen molar-refractivity contribution in [3.63, 3.8) is 0 Å². The largest absolute Gasteiger partial charge is 0.423 e. The molecule has 0 saturated carbocycles. The molecule has 5 heteroatoms. The first-order chi connectivity index (χ1) is 7.56. The highest BCUT2D eigenvalue weighted by Crippen LogP contribution is 2.21. The summed E-state index contributed by atoms with van der Waals surface area (Å²) in [7, 11) is 1.84. The quantitative estimate of drug-likeness (QED) is 0.861. The van der Waals surface area contributed by atoms with E-state index < -0.39 is 0 Å². The molecule has 0 amide bonds. The average Bonchev–Trinajstić information content (AvgIpc) is 2.59. The lowest BCUT2D eigenvalue weighted by molar-refractivity contribution is 0.564. The van der Waals surface area contributed by atoms with E-state index in [0.717, 1.165) is 0 Å². The zero-order valence-corrected chi connectivity index (χ0v) is 9.27. The molecule has 0 spiro atoms. The summed E-state index contributed by atoms with van der Waals surface area (Å²) in [5.74, 6) is -0.329. The molecule has 0 radical (unpaired) electrons. The number of anilines is 1. The lowest BCUT2D eigenvalue weighted by atomic mass is 10.3. The first kappa shape index (κ1) is 10.9. The third kappa shape index (κ3) is 2.14. The number of hydrogen-bond acceptors (Lipinski definition) is 4. The number of fused-ring (bicyclic) bond motifs is 1. The normalized spacial score (nSPS) is 13.0. The van der Waals surface area contributed by atoms with Crippen LogP contribution in [0.5, 0.6) is 0 Å². The molecule has 2 N–H and O–H groups in total. The molecule has 0 bridgehead atoms. The molecule has 2 aromatic rings. The number of oxazole rings is 1. The Kier molecular flexibility index (Phi) is 2.78. The van der Waals surface area contributed by atoms with Crippen molar-refractivity contribution in [1.29, 1.82) is 0 Å². The van der Waals surface area contributed by atoms with E-state index in [4.69, 9.17) is 10.2 Å². The molecule has 0 fully saturated rings. The van der Waals surface area contributed by atoms with Gasteiger partial charge in [-0.25, -0.2) is 4.39 Å². The predicted octanol–water partition coefficient (Wildman–Crippen LogP) is 1.75. The first-order valence-electron chi connectivity index (χ1n) is 5.09. The minimum absolute atomic E-state index is 0.0248. The van der Waals surface area contributed by atoms with E-state index in [9.17, 15) is 4.39 Å². The van der Waals surface area contributed by atoms with Gasteiger partial charge in [0.25, 0.3) is 6.01 Å². The smallest absolute Gasteiger partial charge is 0.298 e. The Bertz CT molecular complexity index is 495. The van der Waals surface area contributed by atoms with Gasteiger partial charge in [0.05, 0.1) is 0 Å². The van der Waals surface area contributed by atoms with Crippen molar-refractivity contribution < 1.29 is 8.81 Å². The van der Waals surface area contributed by atoms with Crippen LogP contribution in [-0.4, -0.2) is 24.6 Å². The third-order valence-electron chi connectivity index (χ3n) is 2.23. The van der Waals surface area contributed by atoms with E-state index in [1.165, 1.54) is 12.1 Å². The van der Waals surface area contributed by atoms with E-state index >= 15 is 0 Å². The fraction of sp³-hybridized carbons (Fsp3) is 0.364. The van der Waals surface area contributed by atoms with E-state index in [1.807, 2.05) is 18.9 Å². The maximum Gasteiger partial charge on any atom is 0.298 e. The van der Waals surface area contributed by atoms with Crippen molar-refractivity contribution in [2.45, 2.75) is 13.0 Å². The molecule has 16 heavy (non-hydrogen) atoms. The molecule has 1 aromatic heterocycles. The highest BCUT2D eigenvalue weighted by atomic mass is 19.1. The van der Waals surface area contributed by atoms with Crippen molar-refractivity contribution in [3.8, 4) is 0 Å². The molecule has 0 saturated heterocycles. The van der Waals surface area contributed by atoms with Crippen LogP contribution in [0.4, 0.5) is 10.4 Å². The van der Waals surface area contributed by atoms with Gasteiger partial charge in [0.2, 0.25) is 0 Å². The van der Waals surface area contributed by atoms with Crippen LogP contribution in [0.3, 0.4) is 0 Å². The summed E-state index contributed by atoms with van der Waals surface area (Å²) in [6.45, 7) is 2.54. The van der Waals surface area contributed by atoms with Crippen LogP contribution in [0.25, 0.3) is 11.1 Å². The van der Waals surface area contributed by atoms with Crippen LogP contribution in [0.15, 0.2) is 22.6 Å². The molecule has 1 atom stereocenters. The summed E-state index contributed by atoms with van der Waals surface area (Å²) in [6.07, 6.45) is 0. The van der Waals surface area contributed by atoms with E-state index in [0.29, 0.717) is 23.7 Å². The minimum atomic E-state index is -0.329. The summed E-state index contributed by atoms with van der Waals surface area (Å²) in [6, 6.07) is 4.76. The van der Waals surface area contributed by atoms with Gasteiger partial charge in [-0.2, -0.15) is 4.98 Å². The minimum Gasteiger partial charge on any atom is -0.423 e. The Morgan fingerprint density at radius 3 is 3.00 bits per heavy atom. The summed E-state index contributed by atoms with van der Waals surface area (Å²) in [5, 5.41) is 0. The summed E-state index contributed by atoms with van der Waals surface area (Å²) >= 11 is 0. The third-order valence-corrected chi connectivity index (χ3v) is 2.23. The number of halogens is 1. The van der Waals surface area contributed by atoms with Crippen LogP contribution < -0.4 is 10.6 Å². The first-order valence-corrected chi connectivity index (χ1v) is 5.09. The molecule has 0 aliphatic carbocycles.